The predicted molar refractivity (Wildman–Crippen MR) is 88.5 cm³/mol. The number of benzene rings is 1. The average Bonchev–Trinajstić information content (AvgIpc) is 2.90. The van der Waals surface area contributed by atoms with Gasteiger partial charge in [0.05, 0.1) is 13.2 Å². The molecule has 0 spiro atoms. The summed E-state index contributed by atoms with van der Waals surface area (Å²) in [6, 6.07) is 3.26. The summed E-state index contributed by atoms with van der Waals surface area (Å²) < 4.78 is 51.5. The SMILES string of the molecule is CCOc1cc2c(cc1CNC(=O)NCCOCC(F)(F)F)OC(C)C2. The van der Waals surface area contributed by atoms with Crippen molar-refractivity contribution in [3.63, 3.8) is 0 Å². The maximum Gasteiger partial charge on any atom is 0.411 e. The summed E-state index contributed by atoms with van der Waals surface area (Å²) in [5.41, 5.74) is 1.83. The smallest absolute Gasteiger partial charge is 0.411 e. The fraction of sp³-hybridized carbons (Fsp3) is 0.588. The summed E-state index contributed by atoms with van der Waals surface area (Å²) in [4.78, 5) is 11.8. The first-order valence-corrected chi connectivity index (χ1v) is 8.40. The van der Waals surface area contributed by atoms with Crippen LogP contribution in [0.25, 0.3) is 0 Å². The Hall–Kier alpha value is -2.16. The van der Waals surface area contributed by atoms with Crippen LogP contribution >= 0.6 is 0 Å². The van der Waals surface area contributed by atoms with Crippen LogP contribution in [-0.2, 0) is 17.7 Å². The van der Waals surface area contributed by atoms with Crippen molar-refractivity contribution >= 4 is 6.03 Å². The van der Waals surface area contributed by atoms with Gasteiger partial charge in [0.25, 0.3) is 0 Å². The summed E-state index contributed by atoms with van der Waals surface area (Å²) in [6.07, 6.45) is -3.46. The highest BCUT2D eigenvalue weighted by atomic mass is 19.4. The van der Waals surface area contributed by atoms with E-state index in [1.165, 1.54) is 0 Å². The molecule has 0 fully saturated rings. The summed E-state index contributed by atoms with van der Waals surface area (Å²) in [5, 5.41) is 5.08. The van der Waals surface area contributed by atoms with Gasteiger partial charge in [0.15, 0.2) is 0 Å². The Morgan fingerprint density at radius 2 is 2.12 bits per heavy atom. The number of hydrogen-bond acceptors (Lipinski definition) is 4. The molecule has 1 heterocycles. The number of nitrogens with one attached hydrogen (secondary N) is 2. The molecule has 9 heteroatoms. The summed E-state index contributed by atoms with van der Waals surface area (Å²) >= 11 is 0. The summed E-state index contributed by atoms with van der Waals surface area (Å²) in [6.45, 7) is 2.97. The Morgan fingerprint density at radius 3 is 2.81 bits per heavy atom. The number of carbonyl (C=O) groups excluding carboxylic acids is 1. The maximum absolute atomic E-state index is 11.9. The lowest BCUT2D eigenvalue weighted by Crippen LogP contribution is -2.37. The molecule has 6 nitrogen and oxygen atoms in total. The van der Waals surface area contributed by atoms with Gasteiger partial charge in [-0.05, 0) is 26.0 Å². The third-order valence-corrected chi connectivity index (χ3v) is 3.62. The molecule has 26 heavy (non-hydrogen) atoms. The lowest BCUT2D eigenvalue weighted by Gasteiger charge is -2.14. The van der Waals surface area contributed by atoms with Gasteiger partial charge in [0, 0.05) is 30.6 Å². The zero-order valence-corrected chi connectivity index (χ0v) is 14.7. The quantitative estimate of drug-likeness (QED) is 0.685. The predicted octanol–water partition coefficient (Wildman–Crippen LogP) is 2.79. The monoisotopic (exact) mass is 376 g/mol. The largest absolute Gasteiger partial charge is 0.494 e. The number of urea groups is 1. The van der Waals surface area contributed by atoms with E-state index in [1.54, 1.807) is 0 Å². The highest BCUT2D eigenvalue weighted by Gasteiger charge is 2.27. The molecule has 1 unspecified atom stereocenters. The third kappa shape index (κ3) is 6.29. The van der Waals surface area contributed by atoms with Gasteiger partial charge in [-0.1, -0.05) is 0 Å². The highest BCUT2D eigenvalue weighted by molar-refractivity contribution is 5.74. The molecule has 2 amide bonds. The Bertz CT molecular complexity index is 623. The normalized spacial score (nSPS) is 16.0. The third-order valence-electron chi connectivity index (χ3n) is 3.62. The Labute approximate surface area is 150 Å². The van der Waals surface area contributed by atoms with E-state index in [0.717, 1.165) is 23.3 Å². The van der Waals surface area contributed by atoms with Crippen molar-refractivity contribution in [2.75, 3.05) is 26.4 Å². The maximum atomic E-state index is 11.9. The van der Waals surface area contributed by atoms with Gasteiger partial charge in [-0.15, -0.1) is 0 Å². The molecule has 0 aromatic heterocycles. The average molecular weight is 376 g/mol. The zero-order valence-electron chi connectivity index (χ0n) is 14.7. The lowest BCUT2D eigenvalue weighted by molar-refractivity contribution is -0.173. The van der Waals surface area contributed by atoms with Gasteiger partial charge in [-0.25, -0.2) is 4.79 Å². The van der Waals surface area contributed by atoms with Crippen molar-refractivity contribution in [3.8, 4) is 11.5 Å². The topological polar surface area (TPSA) is 68.8 Å². The van der Waals surface area contributed by atoms with Crippen molar-refractivity contribution < 1.29 is 32.2 Å². The van der Waals surface area contributed by atoms with Gasteiger partial charge >= 0.3 is 12.2 Å². The molecule has 0 saturated heterocycles. The van der Waals surface area contributed by atoms with Crippen LogP contribution in [0.1, 0.15) is 25.0 Å². The molecule has 0 aliphatic carbocycles. The van der Waals surface area contributed by atoms with Crippen molar-refractivity contribution in [2.45, 2.75) is 39.1 Å². The minimum Gasteiger partial charge on any atom is -0.494 e. The molecule has 2 N–H and O–H groups in total. The number of hydrogen-bond donors (Lipinski definition) is 2. The second-order valence-corrected chi connectivity index (χ2v) is 5.91. The van der Waals surface area contributed by atoms with Crippen molar-refractivity contribution in [1.82, 2.24) is 10.6 Å². The van der Waals surface area contributed by atoms with Crippen LogP contribution in [-0.4, -0.2) is 44.7 Å². The standard InChI is InChI=1S/C17H23F3N2O4/c1-3-25-14-7-12-6-11(2)26-15(12)8-13(14)9-22-16(23)21-4-5-24-10-17(18,19)20/h7-8,11H,3-6,9-10H2,1-2H3,(H2,21,22,23). The molecule has 1 aromatic rings. The lowest BCUT2D eigenvalue weighted by atomic mass is 10.1. The number of carbonyl (C=O) groups is 1. The van der Waals surface area contributed by atoms with Crippen molar-refractivity contribution in [1.29, 1.82) is 0 Å². The van der Waals surface area contributed by atoms with E-state index in [-0.39, 0.29) is 25.8 Å². The molecule has 1 aliphatic heterocycles. The van der Waals surface area contributed by atoms with Gasteiger partial charge < -0.3 is 24.8 Å². The number of rotatable bonds is 8. The second kappa shape index (κ2) is 8.98. The molecule has 0 bridgehead atoms. The van der Waals surface area contributed by atoms with E-state index >= 15 is 0 Å². The zero-order chi connectivity index (χ0) is 19.2. The molecular formula is C17H23F3N2O4. The number of alkyl halides is 3. The first kappa shape index (κ1) is 20.2. The second-order valence-electron chi connectivity index (χ2n) is 5.91. The Kier molecular flexibility index (Phi) is 6.96. The van der Waals surface area contributed by atoms with Gasteiger partial charge in [0.1, 0.15) is 24.2 Å². The van der Waals surface area contributed by atoms with E-state index in [9.17, 15) is 18.0 Å². The van der Waals surface area contributed by atoms with Crippen molar-refractivity contribution in [2.24, 2.45) is 0 Å². The number of amides is 2. The molecular weight excluding hydrogens is 353 g/mol. The molecule has 2 rings (SSSR count). The molecule has 1 aromatic carbocycles. The first-order valence-electron chi connectivity index (χ1n) is 8.40. The van der Waals surface area contributed by atoms with Crippen LogP contribution in [0, 0.1) is 0 Å². The number of ether oxygens (including phenoxy) is 3. The van der Waals surface area contributed by atoms with Gasteiger partial charge in [-0.2, -0.15) is 13.2 Å². The van der Waals surface area contributed by atoms with Crippen LogP contribution in [0.5, 0.6) is 11.5 Å². The van der Waals surface area contributed by atoms with E-state index in [4.69, 9.17) is 9.47 Å². The van der Waals surface area contributed by atoms with E-state index < -0.39 is 18.8 Å². The van der Waals surface area contributed by atoms with Gasteiger partial charge in [-0.3, -0.25) is 0 Å². The molecule has 1 aliphatic rings. The van der Waals surface area contributed by atoms with E-state index in [0.29, 0.717) is 12.4 Å². The fourth-order valence-corrected chi connectivity index (χ4v) is 2.57. The minimum atomic E-state index is -4.37. The minimum absolute atomic E-state index is 0.0228. The Balaban J connectivity index is 1.81. The fourth-order valence-electron chi connectivity index (χ4n) is 2.57. The first-order chi connectivity index (χ1) is 12.3. The number of fused-ring (bicyclic) bond motifs is 1. The van der Waals surface area contributed by atoms with Crippen LogP contribution in [0.15, 0.2) is 12.1 Å². The van der Waals surface area contributed by atoms with Gasteiger partial charge in [0.2, 0.25) is 0 Å². The number of halogens is 3. The van der Waals surface area contributed by atoms with Crippen LogP contribution in [0.2, 0.25) is 0 Å². The van der Waals surface area contributed by atoms with Crippen LogP contribution in [0.4, 0.5) is 18.0 Å². The van der Waals surface area contributed by atoms with E-state index in [1.807, 2.05) is 26.0 Å². The van der Waals surface area contributed by atoms with Crippen LogP contribution < -0.4 is 20.1 Å². The molecule has 146 valence electrons. The summed E-state index contributed by atoms with van der Waals surface area (Å²) in [5.74, 6) is 1.46. The highest BCUT2D eigenvalue weighted by Crippen LogP contribution is 2.35. The Morgan fingerprint density at radius 1 is 1.35 bits per heavy atom. The van der Waals surface area contributed by atoms with Crippen molar-refractivity contribution in [3.05, 3.63) is 23.3 Å². The van der Waals surface area contributed by atoms with Crippen LogP contribution in [0.3, 0.4) is 0 Å². The summed E-state index contributed by atoms with van der Waals surface area (Å²) in [7, 11) is 0. The van der Waals surface area contributed by atoms with E-state index in [2.05, 4.69) is 15.4 Å². The molecule has 0 saturated carbocycles. The molecule has 0 radical (unpaired) electrons. The molecule has 1 atom stereocenters.